The van der Waals surface area contributed by atoms with Gasteiger partial charge in [0.15, 0.2) is 0 Å². The number of benzene rings is 2. The number of nitrogens with zero attached hydrogens (tertiary/aromatic N) is 3. The standard InChI is InChI=1S/C17H15Cl2N3O/c1-21(10-12-6-7-15(18)16(19)8-12)11-22-17(23)14-5-3-2-4-13(14)9-20-22/h2-9H,10-11H2,1H3. The number of halogens is 2. The maximum Gasteiger partial charge on any atom is 0.275 e. The van der Waals surface area contributed by atoms with Crippen molar-refractivity contribution < 1.29 is 0 Å². The zero-order chi connectivity index (χ0) is 16.4. The minimum atomic E-state index is -0.0934. The van der Waals surface area contributed by atoms with Crippen molar-refractivity contribution in [2.75, 3.05) is 7.05 Å². The van der Waals surface area contributed by atoms with Crippen molar-refractivity contribution in [3.63, 3.8) is 0 Å². The SMILES string of the molecule is CN(Cc1ccc(Cl)c(Cl)c1)Cn1ncc2ccccc2c1=O. The summed E-state index contributed by atoms with van der Waals surface area (Å²) >= 11 is 12.0. The molecule has 0 aliphatic heterocycles. The van der Waals surface area contributed by atoms with E-state index in [9.17, 15) is 4.79 Å². The van der Waals surface area contributed by atoms with E-state index >= 15 is 0 Å². The van der Waals surface area contributed by atoms with Gasteiger partial charge < -0.3 is 0 Å². The van der Waals surface area contributed by atoms with Crippen LogP contribution in [0.4, 0.5) is 0 Å². The van der Waals surface area contributed by atoms with Gasteiger partial charge in [-0.2, -0.15) is 5.10 Å². The van der Waals surface area contributed by atoms with Gasteiger partial charge in [-0.3, -0.25) is 9.69 Å². The molecule has 0 spiro atoms. The van der Waals surface area contributed by atoms with Gasteiger partial charge >= 0.3 is 0 Å². The Morgan fingerprint density at radius 3 is 2.70 bits per heavy atom. The van der Waals surface area contributed by atoms with Crippen molar-refractivity contribution in [1.29, 1.82) is 0 Å². The summed E-state index contributed by atoms with van der Waals surface area (Å²) in [5, 5.41) is 6.81. The van der Waals surface area contributed by atoms with Gasteiger partial charge in [0.1, 0.15) is 0 Å². The fourth-order valence-corrected chi connectivity index (χ4v) is 2.78. The van der Waals surface area contributed by atoms with Gasteiger partial charge in [0.25, 0.3) is 5.56 Å². The molecule has 1 heterocycles. The Hall–Kier alpha value is -1.88. The summed E-state index contributed by atoms with van der Waals surface area (Å²) in [4.78, 5) is 14.4. The Morgan fingerprint density at radius 2 is 1.91 bits per heavy atom. The largest absolute Gasteiger partial charge is 0.283 e. The summed E-state index contributed by atoms with van der Waals surface area (Å²) < 4.78 is 1.46. The lowest BCUT2D eigenvalue weighted by molar-refractivity contribution is 0.241. The molecule has 0 fully saturated rings. The molecule has 0 atom stereocenters. The van der Waals surface area contributed by atoms with E-state index in [2.05, 4.69) is 5.10 Å². The van der Waals surface area contributed by atoms with Crippen LogP contribution in [0.25, 0.3) is 10.8 Å². The average Bonchev–Trinajstić information content (AvgIpc) is 2.54. The van der Waals surface area contributed by atoms with E-state index in [-0.39, 0.29) is 5.56 Å². The van der Waals surface area contributed by atoms with E-state index in [0.717, 1.165) is 10.9 Å². The maximum absolute atomic E-state index is 12.5. The molecule has 4 nitrogen and oxygen atoms in total. The van der Waals surface area contributed by atoms with Crippen molar-refractivity contribution in [1.82, 2.24) is 14.7 Å². The molecule has 2 aromatic carbocycles. The molecule has 3 rings (SSSR count). The van der Waals surface area contributed by atoms with Gasteiger partial charge in [0.05, 0.1) is 28.3 Å². The average molecular weight is 348 g/mol. The summed E-state index contributed by atoms with van der Waals surface area (Å²) in [6, 6.07) is 13.0. The molecular weight excluding hydrogens is 333 g/mol. The molecule has 0 aliphatic rings. The number of rotatable bonds is 4. The van der Waals surface area contributed by atoms with Crippen LogP contribution in [0.3, 0.4) is 0 Å². The summed E-state index contributed by atoms with van der Waals surface area (Å²) in [5.74, 6) is 0. The molecule has 0 saturated carbocycles. The normalized spacial score (nSPS) is 11.3. The lowest BCUT2D eigenvalue weighted by atomic mass is 10.2. The van der Waals surface area contributed by atoms with Crippen LogP contribution in [0, 0.1) is 0 Å². The number of hydrogen-bond acceptors (Lipinski definition) is 3. The van der Waals surface area contributed by atoms with Gasteiger partial charge in [-0.05, 0) is 30.8 Å². The van der Waals surface area contributed by atoms with Crippen molar-refractivity contribution >= 4 is 34.0 Å². The highest BCUT2D eigenvalue weighted by molar-refractivity contribution is 6.42. The van der Waals surface area contributed by atoms with E-state index in [1.54, 1.807) is 12.3 Å². The summed E-state index contributed by atoms with van der Waals surface area (Å²) in [6.07, 6.45) is 1.71. The van der Waals surface area contributed by atoms with Crippen LogP contribution in [0.5, 0.6) is 0 Å². The quantitative estimate of drug-likeness (QED) is 0.720. The fraction of sp³-hybridized carbons (Fsp3) is 0.176. The Bertz CT molecular complexity index is 908. The summed E-state index contributed by atoms with van der Waals surface area (Å²) in [6.45, 7) is 1.03. The Labute approximate surface area is 143 Å². The zero-order valence-corrected chi connectivity index (χ0v) is 14.1. The molecule has 118 valence electrons. The number of aromatic nitrogens is 2. The Kier molecular flexibility index (Phi) is 4.66. The molecule has 0 unspecified atom stereocenters. The van der Waals surface area contributed by atoms with Gasteiger partial charge in [-0.25, -0.2) is 4.68 Å². The van der Waals surface area contributed by atoms with E-state index in [4.69, 9.17) is 23.2 Å². The zero-order valence-electron chi connectivity index (χ0n) is 12.5. The lowest BCUT2D eigenvalue weighted by Crippen LogP contribution is -2.31. The molecule has 0 bridgehead atoms. The third-order valence-corrected chi connectivity index (χ3v) is 4.31. The molecule has 6 heteroatoms. The number of fused-ring (bicyclic) bond motifs is 1. The fourth-order valence-electron chi connectivity index (χ4n) is 2.46. The third-order valence-electron chi connectivity index (χ3n) is 3.57. The number of hydrogen-bond donors (Lipinski definition) is 0. The molecule has 0 radical (unpaired) electrons. The summed E-state index contributed by atoms with van der Waals surface area (Å²) in [5.41, 5.74) is 0.930. The highest BCUT2D eigenvalue weighted by Gasteiger charge is 2.08. The smallest absolute Gasteiger partial charge is 0.275 e. The van der Waals surface area contributed by atoms with Gasteiger partial charge in [-0.1, -0.05) is 47.5 Å². The second kappa shape index (κ2) is 6.71. The molecule has 0 saturated heterocycles. The molecule has 0 N–H and O–H groups in total. The highest BCUT2D eigenvalue weighted by Crippen LogP contribution is 2.23. The first kappa shape index (κ1) is 16.0. The predicted octanol–water partition coefficient (Wildman–Crippen LogP) is 3.79. The molecule has 0 aliphatic carbocycles. The van der Waals surface area contributed by atoms with E-state index in [1.807, 2.05) is 48.3 Å². The van der Waals surface area contributed by atoms with E-state index < -0.39 is 0 Å². The predicted molar refractivity (Wildman–Crippen MR) is 93.9 cm³/mol. The first-order valence-corrected chi connectivity index (χ1v) is 7.87. The third kappa shape index (κ3) is 3.55. The minimum absolute atomic E-state index is 0.0934. The maximum atomic E-state index is 12.5. The van der Waals surface area contributed by atoms with Gasteiger partial charge in [0, 0.05) is 11.9 Å². The van der Waals surface area contributed by atoms with Crippen LogP contribution < -0.4 is 5.56 Å². The minimum Gasteiger partial charge on any atom is -0.283 e. The Morgan fingerprint density at radius 1 is 1.13 bits per heavy atom. The molecule has 3 aromatic rings. The van der Waals surface area contributed by atoms with Crippen LogP contribution in [-0.4, -0.2) is 21.7 Å². The van der Waals surface area contributed by atoms with E-state index in [1.165, 1.54) is 4.68 Å². The molecule has 23 heavy (non-hydrogen) atoms. The molecule has 0 amide bonds. The van der Waals surface area contributed by atoms with Crippen LogP contribution in [-0.2, 0) is 13.2 Å². The second-order valence-electron chi connectivity index (χ2n) is 5.44. The molecular formula is C17H15Cl2N3O. The van der Waals surface area contributed by atoms with Gasteiger partial charge in [-0.15, -0.1) is 0 Å². The topological polar surface area (TPSA) is 38.1 Å². The second-order valence-corrected chi connectivity index (χ2v) is 6.25. The van der Waals surface area contributed by atoms with Crippen LogP contribution >= 0.6 is 23.2 Å². The van der Waals surface area contributed by atoms with Crippen molar-refractivity contribution in [2.24, 2.45) is 0 Å². The molecule has 1 aromatic heterocycles. The van der Waals surface area contributed by atoms with Crippen molar-refractivity contribution in [3.8, 4) is 0 Å². The Balaban J connectivity index is 1.80. The monoisotopic (exact) mass is 347 g/mol. The van der Waals surface area contributed by atoms with Crippen LogP contribution in [0.1, 0.15) is 5.56 Å². The van der Waals surface area contributed by atoms with Crippen molar-refractivity contribution in [3.05, 3.63) is 74.6 Å². The van der Waals surface area contributed by atoms with Crippen molar-refractivity contribution in [2.45, 2.75) is 13.2 Å². The lowest BCUT2D eigenvalue weighted by Gasteiger charge is -2.18. The van der Waals surface area contributed by atoms with Gasteiger partial charge in [0.2, 0.25) is 0 Å². The van der Waals surface area contributed by atoms with Crippen LogP contribution in [0.15, 0.2) is 53.5 Å². The van der Waals surface area contributed by atoms with Crippen LogP contribution in [0.2, 0.25) is 10.0 Å². The highest BCUT2D eigenvalue weighted by atomic mass is 35.5. The first-order valence-electron chi connectivity index (χ1n) is 7.12. The van der Waals surface area contributed by atoms with E-state index in [0.29, 0.717) is 28.6 Å². The first-order chi connectivity index (χ1) is 11.0. The summed E-state index contributed by atoms with van der Waals surface area (Å²) in [7, 11) is 1.92.